The lowest BCUT2D eigenvalue weighted by molar-refractivity contribution is -0.128. The Labute approximate surface area is 180 Å². The zero-order valence-electron chi connectivity index (χ0n) is 16.6. The standard InChI is InChI=1S/C24H23ClFNO3/c1-2-22(30-23-6-4-3-5-21(23)25)24(28)27-15-17-9-13-20(14-10-17)29-16-18-7-11-19(26)12-8-18/h3-14,22H,2,15-16H2,1H3,(H,27,28)/t22-/m0/s1. The second-order valence-electron chi connectivity index (χ2n) is 6.72. The largest absolute Gasteiger partial charge is 0.489 e. The van der Waals surface area contributed by atoms with E-state index in [1.165, 1.54) is 12.1 Å². The third-order valence-electron chi connectivity index (χ3n) is 4.48. The highest BCUT2D eigenvalue weighted by Gasteiger charge is 2.19. The highest BCUT2D eigenvalue weighted by Crippen LogP contribution is 2.25. The number of halogens is 2. The topological polar surface area (TPSA) is 47.6 Å². The van der Waals surface area contributed by atoms with Crippen LogP contribution in [0.3, 0.4) is 0 Å². The molecule has 0 aliphatic carbocycles. The second-order valence-corrected chi connectivity index (χ2v) is 7.13. The van der Waals surface area contributed by atoms with Crippen molar-refractivity contribution in [3.63, 3.8) is 0 Å². The van der Waals surface area contributed by atoms with Crippen LogP contribution >= 0.6 is 11.6 Å². The van der Waals surface area contributed by atoms with Gasteiger partial charge in [0.05, 0.1) is 5.02 Å². The number of para-hydroxylation sites is 1. The zero-order valence-corrected chi connectivity index (χ0v) is 17.4. The van der Waals surface area contributed by atoms with Crippen LogP contribution in [0.2, 0.25) is 5.02 Å². The molecule has 4 nitrogen and oxygen atoms in total. The van der Waals surface area contributed by atoms with Crippen LogP contribution in [0.1, 0.15) is 24.5 Å². The van der Waals surface area contributed by atoms with Crippen LogP contribution in [0.4, 0.5) is 4.39 Å². The molecule has 0 unspecified atom stereocenters. The molecule has 30 heavy (non-hydrogen) atoms. The third kappa shape index (κ3) is 6.22. The predicted octanol–water partition coefficient (Wildman–Crippen LogP) is 5.53. The number of carbonyl (C=O) groups excluding carboxylic acids is 1. The highest BCUT2D eigenvalue weighted by atomic mass is 35.5. The molecule has 0 bridgehead atoms. The van der Waals surface area contributed by atoms with Crippen LogP contribution < -0.4 is 14.8 Å². The molecule has 0 saturated carbocycles. The molecule has 1 amide bonds. The monoisotopic (exact) mass is 427 g/mol. The van der Waals surface area contributed by atoms with E-state index in [9.17, 15) is 9.18 Å². The van der Waals surface area contributed by atoms with Crippen molar-refractivity contribution >= 4 is 17.5 Å². The van der Waals surface area contributed by atoms with Gasteiger partial charge in [-0.25, -0.2) is 4.39 Å². The third-order valence-corrected chi connectivity index (χ3v) is 4.79. The molecule has 0 aromatic heterocycles. The smallest absolute Gasteiger partial charge is 0.261 e. The molecule has 1 atom stereocenters. The van der Waals surface area contributed by atoms with Gasteiger partial charge in [0.1, 0.15) is 23.9 Å². The van der Waals surface area contributed by atoms with Crippen LogP contribution in [0.5, 0.6) is 11.5 Å². The number of hydrogen-bond acceptors (Lipinski definition) is 3. The molecule has 6 heteroatoms. The Bertz CT molecular complexity index is 961. The Morgan fingerprint density at radius 2 is 1.67 bits per heavy atom. The van der Waals surface area contributed by atoms with Gasteiger partial charge in [-0.2, -0.15) is 0 Å². The average Bonchev–Trinajstić information content (AvgIpc) is 2.77. The molecule has 3 aromatic rings. The van der Waals surface area contributed by atoms with Gasteiger partial charge in [0, 0.05) is 6.54 Å². The van der Waals surface area contributed by atoms with E-state index in [1.807, 2.05) is 43.3 Å². The fourth-order valence-electron chi connectivity index (χ4n) is 2.77. The average molecular weight is 428 g/mol. The molecule has 0 heterocycles. The van der Waals surface area contributed by atoms with Crippen molar-refractivity contribution in [2.45, 2.75) is 32.6 Å². The molecule has 156 valence electrons. The Morgan fingerprint density at radius 1 is 1.00 bits per heavy atom. The molecule has 0 saturated heterocycles. The van der Waals surface area contributed by atoms with Gasteiger partial charge in [-0.05, 0) is 53.9 Å². The minimum atomic E-state index is -0.622. The summed E-state index contributed by atoms with van der Waals surface area (Å²) in [5.41, 5.74) is 1.82. The lowest BCUT2D eigenvalue weighted by Gasteiger charge is -2.18. The fraction of sp³-hybridized carbons (Fsp3) is 0.208. The fourth-order valence-corrected chi connectivity index (χ4v) is 2.95. The van der Waals surface area contributed by atoms with E-state index in [4.69, 9.17) is 21.1 Å². The lowest BCUT2D eigenvalue weighted by Crippen LogP contribution is -2.37. The number of benzene rings is 3. The first kappa shape index (κ1) is 21.7. The summed E-state index contributed by atoms with van der Waals surface area (Å²) in [5.74, 6) is 0.716. The van der Waals surface area contributed by atoms with E-state index in [0.29, 0.717) is 36.1 Å². The first-order valence-electron chi connectivity index (χ1n) is 9.70. The van der Waals surface area contributed by atoms with Crippen LogP contribution in [-0.2, 0) is 17.9 Å². The quantitative estimate of drug-likeness (QED) is 0.488. The molecule has 0 radical (unpaired) electrons. The van der Waals surface area contributed by atoms with E-state index in [2.05, 4.69) is 5.32 Å². The van der Waals surface area contributed by atoms with E-state index < -0.39 is 6.10 Å². The van der Waals surface area contributed by atoms with Crippen molar-refractivity contribution in [3.05, 3.63) is 94.8 Å². The number of carbonyl (C=O) groups is 1. The van der Waals surface area contributed by atoms with Gasteiger partial charge in [0.15, 0.2) is 6.10 Å². The molecule has 3 rings (SSSR count). The van der Waals surface area contributed by atoms with Crippen LogP contribution in [0, 0.1) is 5.82 Å². The summed E-state index contributed by atoms with van der Waals surface area (Å²) in [6.07, 6.45) is -0.101. The van der Waals surface area contributed by atoms with Crippen molar-refractivity contribution in [3.8, 4) is 11.5 Å². The maximum atomic E-state index is 12.9. The number of ether oxygens (including phenoxy) is 2. The molecule has 0 aliphatic heterocycles. The van der Waals surface area contributed by atoms with Crippen molar-refractivity contribution in [2.75, 3.05) is 0 Å². The summed E-state index contributed by atoms with van der Waals surface area (Å²) in [7, 11) is 0. The van der Waals surface area contributed by atoms with E-state index in [1.54, 1.807) is 24.3 Å². The highest BCUT2D eigenvalue weighted by molar-refractivity contribution is 6.32. The van der Waals surface area contributed by atoms with Gasteiger partial charge >= 0.3 is 0 Å². The Balaban J connectivity index is 1.49. The van der Waals surface area contributed by atoms with E-state index >= 15 is 0 Å². The Hall–Kier alpha value is -3.05. The van der Waals surface area contributed by atoms with Gasteiger partial charge in [-0.3, -0.25) is 4.79 Å². The molecule has 0 fully saturated rings. The first-order valence-corrected chi connectivity index (χ1v) is 10.1. The van der Waals surface area contributed by atoms with E-state index in [0.717, 1.165) is 11.1 Å². The predicted molar refractivity (Wildman–Crippen MR) is 115 cm³/mol. The molecule has 1 N–H and O–H groups in total. The summed E-state index contributed by atoms with van der Waals surface area (Å²) < 4.78 is 24.4. The lowest BCUT2D eigenvalue weighted by atomic mass is 10.2. The van der Waals surface area contributed by atoms with Gasteiger partial charge in [-0.1, -0.05) is 54.9 Å². The zero-order chi connectivity index (χ0) is 21.3. The van der Waals surface area contributed by atoms with Crippen molar-refractivity contribution < 1.29 is 18.7 Å². The summed E-state index contributed by atoms with van der Waals surface area (Å²) in [4.78, 5) is 12.5. The number of nitrogens with one attached hydrogen (secondary N) is 1. The number of rotatable bonds is 9. The summed E-state index contributed by atoms with van der Waals surface area (Å²) in [6, 6.07) is 20.7. The number of hydrogen-bond donors (Lipinski definition) is 1. The van der Waals surface area contributed by atoms with Gasteiger partial charge in [0.2, 0.25) is 0 Å². The van der Waals surface area contributed by atoms with Crippen molar-refractivity contribution in [1.82, 2.24) is 5.32 Å². The Morgan fingerprint density at radius 3 is 2.33 bits per heavy atom. The van der Waals surface area contributed by atoms with Gasteiger partial charge in [-0.15, -0.1) is 0 Å². The van der Waals surface area contributed by atoms with Crippen molar-refractivity contribution in [2.24, 2.45) is 0 Å². The molecule has 0 spiro atoms. The van der Waals surface area contributed by atoms with Crippen LogP contribution in [0.25, 0.3) is 0 Å². The van der Waals surface area contributed by atoms with Crippen molar-refractivity contribution in [1.29, 1.82) is 0 Å². The molecular formula is C24H23ClFNO3. The summed E-state index contributed by atoms with van der Waals surface area (Å²) in [5, 5.41) is 3.36. The van der Waals surface area contributed by atoms with Gasteiger partial charge in [0.25, 0.3) is 5.91 Å². The second kappa shape index (κ2) is 10.6. The minimum absolute atomic E-state index is 0.200. The molecule has 0 aliphatic rings. The van der Waals surface area contributed by atoms with Gasteiger partial charge < -0.3 is 14.8 Å². The molecular weight excluding hydrogens is 405 g/mol. The molecule has 3 aromatic carbocycles. The Kier molecular flexibility index (Phi) is 7.69. The maximum Gasteiger partial charge on any atom is 0.261 e. The van der Waals surface area contributed by atoms with Crippen LogP contribution in [-0.4, -0.2) is 12.0 Å². The summed E-state index contributed by atoms with van der Waals surface area (Å²) in [6.45, 7) is 2.61. The first-order chi connectivity index (χ1) is 14.5. The number of amides is 1. The minimum Gasteiger partial charge on any atom is -0.489 e. The van der Waals surface area contributed by atoms with Crippen LogP contribution in [0.15, 0.2) is 72.8 Å². The SMILES string of the molecule is CC[C@H](Oc1ccccc1Cl)C(=O)NCc1ccc(OCc2ccc(F)cc2)cc1. The maximum absolute atomic E-state index is 12.9. The van der Waals surface area contributed by atoms with E-state index in [-0.39, 0.29) is 11.7 Å². The summed E-state index contributed by atoms with van der Waals surface area (Å²) >= 11 is 6.10. The normalized spacial score (nSPS) is 11.6.